The molecule has 0 amide bonds. The summed E-state index contributed by atoms with van der Waals surface area (Å²) in [5.74, 6) is 0.702. The van der Waals surface area contributed by atoms with E-state index in [1.165, 1.54) is 31.7 Å². The van der Waals surface area contributed by atoms with Crippen LogP contribution < -0.4 is 5.32 Å². The Morgan fingerprint density at radius 2 is 2.06 bits per heavy atom. The molecule has 1 fully saturated rings. The molecule has 2 heterocycles. The van der Waals surface area contributed by atoms with Gasteiger partial charge in [0.15, 0.2) is 0 Å². The van der Waals surface area contributed by atoms with Crippen molar-refractivity contribution in [2.75, 3.05) is 32.7 Å². The summed E-state index contributed by atoms with van der Waals surface area (Å²) in [5.41, 5.74) is 1.38. The average molecular weight is 250 g/mol. The second-order valence-corrected chi connectivity index (χ2v) is 5.62. The van der Waals surface area contributed by atoms with E-state index in [0.29, 0.717) is 5.92 Å². The minimum atomic E-state index is 0.702. The van der Waals surface area contributed by atoms with Crippen LogP contribution in [0.4, 0.5) is 0 Å². The van der Waals surface area contributed by atoms with Crippen molar-refractivity contribution in [3.63, 3.8) is 0 Å². The number of hydrogen-bond acceptors (Lipinski definition) is 3. The zero-order valence-electron chi connectivity index (χ0n) is 11.7. The van der Waals surface area contributed by atoms with Crippen molar-refractivity contribution in [3.05, 3.63) is 18.2 Å². The Labute approximate surface area is 110 Å². The minimum absolute atomic E-state index is 0.702. The highest BCUT2D eigenvalue weighted by Crippen LogP contribution is 2.08. The fourth-order valence-electron chi connectivity index (χ4n) is 2.54. The van der Waals surface area contributed by atoms with E-state index in [1.54, 1.807) is 0 Å². The quantitative estimate of drug-likeness (QED) is 0.828. The summed E-state index contributed by atoms with van der Waals surface area (Å²) in [6.07, 6.45) is 6.36. The van der Waals surface area contributed by atoms with Gasteiger partial charge in [-0.05, 0) is 25.3 Å². The topological polar surface area (TPSA) is 33.1 Å². The summed E-state index contributed by atoms with van der Waals surface area (Å²) in [6.45, 7) is 11.5. The Morgan fingerprint density at radius 3 is 2.78 bits per heavy atom. The van der Waals surface area contributed by atoms with E-state index >= 15 is 0 Å². The molecule has 2 rings (SSSR count). The van der Waals surface area contributed by atoms with Crippen molar-refractivity contribution in [2.24, 2.45) is 5.92 Å². The molecule has 1 aromatic rings. The molecule has 0 bridgehead atoms. The number of rotatable bonds is 6. The van der Waals surface area contributed by atoms with Crippen LogP contribution in [0.2, 0.25) is 0 Å². The lowest BCUT2D eigenvalue weighted by Crippen LogP contribution is -2.43. The third-order valence-corrected chi connectivity index (χ3v) is 3.50. The SMILES string of the molecule is CC(C)Cc1cncn1CCCN1CCNCC1. The first-order valence-corrected chi connectivity index (χ1v) is 7.18. The fourth-order valence-corrected chi connectivity index (χ4v) is 2.54. The van der Waals surface area contributed by atoms with Crippen LogP contribution in [0, 0.1) is 5.92 Å². The zero-order valence-corrected chi connectivity index (χ0v) is 11.7. The van der Waals surface area contributed by atoms with Crippen LogP contribution in [0.3, 0.4) is 0 Å². The number of aryl methyl sites for hydroxylation is 1. The third-order valence-electron chi connectivity index (χ3n) is 3.50. The van der Waals surface area contributed by atoms with Crippen LogP contribution in [0.25, 0.3) is 0 Å². The Hall–Kier alpha value is -0.870. The van der Waals surface area contributed by atoms with Gasteiger partial charge in [0.2, 0.25) is 0 Å². The molecule has 1 saturated heterocycles. The van der Waals surface area contributed by atoms with Gasteiger partial charge in [0.05, 0.1) is 6.33 Å². The Kier molecular flexibility index (Phi) is 5.20. The predicted molar refractivity (Wildman–Crippen MR) is 74.7 cm³/mol. The van der Waals surface area contributed by atoms with Gasteiger partial charge in [-0.2, -0.15) is 0 Å². The van der Waals surface area contributed by atoms with Gasteiger partial charge in [0, 0.05) is 44.6 Å². The summed E-state index contributed by atoms with van der Waals surface area (Å²) >= 11 is 0. The van der Waals surface area contributed by atoms with Gasteiger partial charge < -0.3 is 14.8 Å². The largest absolute Gasteiger partial charge is 0.335 e. The van der Waals surface area contributed by atoms with Crippen molar-refractivity contribution < 1.29 is 0 Å². The monoisotopic (exact) mass is 250 g/mol. The van der Waals surface area contributed by atoms with Crippen molar-refractivity contribution in [1.29, 1.82) is 0 Å². The zero-order chi connectivity index (χ0) is 12.8. The highest BCUT2D eigenvalue weighted by molar-refractivity contribution is 4.99. The van der Waals surface area contributed by atoms with Crippen molar-refractivity contribution >= 4 is 0 Å². The molecule has 1 aliphatic heterocycles. The van der Waals surface area contributed by atoms with Gasteiger partial charge in [-0.3, -0.25) is 0 Å². The van der Waals surface area contributed by atoms with Crippen molar-refractivity contribution in [3.8, 4) is 0 Å². The van der Waals surface area contributed by atoms with Crippen LogP contribution in [0.5, 0.6) is 0 Å². The molecule has 0 spiro atoms. The lowest BCUT2D eigenvalue weighted by atomic mass is 10.1. The van der Waals surface area contributed by atoms with Gasteiger partial charge in [0.1, 0.15) is 0 Å². The Balaban J connectivity index is 1.74. The van der Waals surface area contributed by atoms with Crippen LogP contribution in [0.1, 0.15) is 26.0 Å². The first-order valence-electron chi connectivity index (χ1n) is 7.18. The second kappa shape index (κ2) is 6.90. The van der Waals surface area contributed by atoms with Gasteiger partial charge >= 0.3 is 0 Å². The summed E-state index contributed by atoms with van der Waals surface area (Å²) in [5, 5.41) is 3.39. The smallest absolute Gasteiger partial charge is 0.0948 e. The van der Waals surface area contributed by atoms with Gasteiger partial charge in [-0.15, -0.1) is 0 Å². The molecule has 1 aromatic heterocycles. The summed E-state index contributed by atoms with van der Waals surface area (Å²) in [6, 6.07) is 0. The number of nitrogens with one attached hydrogen (secondary N) is 1. The molecule has 102 valence electrons. The fraction of sp³-hybridized carbons (Fsp3) is 0.786. The summed E-state index contributed by atoms with van der Waals surface area (Å²) < 4.78 is 2.32. The summed E-state index contributed by atoms with van der Waals surface area (Å²) in [7, 11) is 0. The number of piperazine rings is 1. The lowest BCUT2D eigenvalue weighted by molar-refractivity contribution is 0.234. The first-order chi connectivity index (χ1) is 8.75. The molecule has 4 nitrogen and oxygen atoms in total. The van der Waals surface area contributed by atoms with Crippen LogP contribution in [-0.2, 0) is 13.0 Å². The molecule has 0 unspecified atom stereocenters. The van der Waals surface area contributed by atoms with Crippen LogP contribution in [0.15, 0.2) is 12.5 Å². The number of imidazole rings is 1. The number of hydrogen-bond donors (Lipinski definition) is 1. The second-order valence-electron chi connectivity index (χ2n) is 5.62. The molecule has 0 atom stereocenters. The van der Waals surface area contributed by atoms with Crippen LogP contribution in [-0.4, -0.2) is 47.2 Å². The van der Waals surface area contributed by atoms with Gasteiger partial charge in [0.25, 0.3) is 0 Å². The normalized spacial score (nSPS) is 17.5. The highest BCUT2D eigenvalue weighted by atomic mass is 15.2. The molecule has 18 heavy (non-hydrogen) atoms. The van der Waals surface area contributed by atoms with Crippen molar-refractivity contribution in [1.82, 2.24) is 19.8 Å². The van der Waals surface area contributed by atoms with E-state index in [9.17, 15) is 0 Å². The maximum atomic E-state index is 4.28. The van der Waals surface area contributed by atoms with E-state index < -0.39 is 0 Å². The van der Waals surface area contributed by atoms with E-state index in [0.717, 1.165) is 26.1 Å². The molecular weight excluding hydrogens is 224 g/mol. The first kappa shape index (κ1) is 13.6. The lowest BCUT2D eigenvalue weighted by Gasteiger charge is -2.27. The molecule has 4 heteroatoms. The average Bonchev–Trinajstić information content (AvgIpc) is 2.77. The van der Waals surface area contributed by atoms with E-state index in [2.05, 4.69) is 33.6 Å². The summed E-state index contributed by atoms with van der Waals surface area (Å²) in [4.78, 5) is 6.83. The Morgan fingerprint density at radius 1 is 1.28 bits per heavy atom. The molecule has 0 aromatic carbocycles. The van der Waals surface area contributed by atoms with Gasteiger partial charge in [-0.1, -0.05) is 13.8 Å². The predicted octanol–water partition coefficient (Wildman–Crippen LogP) is 1.38. The minimum Gasteiger partial charge on any atom is -0.335 e. The molecule has 1 N–H and O–H groups in total. The van der Waals surface area contributed by atoms with Crippen molar-refractivity contribution in [2.45, 2.75) is 33.2 Å². The third kappa shape index (κ3) is 4.10. The maximum Gasteiger partial charge on any atom is 0.0948 e. The van der Waals surface area contributed by atoms with E-state index in [1.807, 2.05) is 12.5 Å². The standard InChI is InChI=1S/C14H26N4/c1-13(2)10-14-11-16-12-18(14)7-3-6-17-8-4-15-5-9-17/h11-13,15H,3-10H2,1-2H3. The molecule has 1 aliphatic rings. The Bertz CT molecular complexity index is 339. The van der Waals surface area contributed by atoms with E-state index in [4.69, 9.17) is 0 Å². The number of nitrogens with zero attached hydrogens (tertiary/aromatic N) is 3. The molecule has 0 radical (unpaired) electrons. The van der Waals surface area contributed by atoms with E-state index in [-0.39, 0.29) is 0 Å². The molecule has 0 aliphatic carbocycles. The van der Waals surface area contributed by atoms with Gasteiger partial charge in [-0.25, -0.2) is 4.98 Å². The molecule has 0 saturated carbocycles. The number of aromatic nitrogens is 2. The highest BCUT2D eigenvalue weighted by Gasteiger charge is 2.09. The maximum absolute atomic E-state index is 4.28. The van der Waals surface area contributed by atoms with Crippen LogP contribution >= 0.6 is 0 Å². The molecular formula is C14H26N4.